The first-order valence-corrected chi connectivity index (χ1v) is 5.08. The van der Waals surface area contributed by atoms with Crippen molar-refractivity contribution in [2.45, 2.75) is 13.3 Å². The molecule has 0 aliphatic carbocycles. The summed E-state index contributed by atoms with van der Waals surface area (Å²) in [5.74, 6) is -0.520. The highest BCUT2D eigenvalue weighted by atomic mass is 16.2. The van der Waals surface area contributed by atoms with Crippen molar-refractivity contribution < 1.29 is 9.59 Å². The summed E-state index contributed by atoms with van der Waals surface area (Å²) in [4.78, 5) is 26.0. The minimum absolute atomic E-state index is 0.132. The Morgan fingerprint density at radius 1 is 1.25 bits per heavy atom. The third-order valence-corrected chi connectivity index (χ3v) is 2.07. The quantitative estimate of drug-likeness (QED) is 0.781. The Balaban J connectivity index is 2.74. The van der Waals surface area contributed by atoms with Crippen LogP contribution >= 0.6 is 0 Å². The average Bonchev–Trinajstić information content (AvgIpc) is 2.35. The van der Waals surface area contributed by atoms with Gasteiger partial charge in [0.1, 0.15) is 0 Å². The predicted molar refractivity (Wildman–Crippen MR) is 62.9 cm³/mol. The maximum absolute atomic E-state index is 11.5. The number of nitrogens with one attached hydrogen (secondary N) is 1. The molecule has 0 radical (unpaired) electrons. The van der Waals surface area contributed by atoms with Crippen LogP contribution in [0.3, 0.4) is 0 Å². The minimum atomic E-state index is -0.388. The van der Waals surface area contributed by atoms with Gasteiger partial charge in [0.15, 0.2) is 0 Å². The molecule has 16 heavy (non-hydrogen) atoms. The van der Waals surface area contributed by atoms with Gasteiger partial charge >= 0.3 is 0 Å². The fourth-order valence-electron chi connectivity index (χ4n) is 1.20. The summed E-state index contributed by atoms with van der Waals surface area (Å²) in [5.41, 5.74) is 0.969. The van der Waals surface area contributed by atoms with E-state index in [1.165, 1.54) is 0 Å². The summed E-state index contributed by atoms with van der Waals surface area (Å²) < 4.78 is 0. The first kappa shape index (κ1) is 12.1. The molecule has 4 heteroatoms. The van der Waals surface area contributed by atoms with Crippen molar-refractivity contribution in [2.24, 2.45) is 4.99 Å². The molecule has 0 heterocycles. The molecule has 4 nitrogen and oxygen atoms in total. The van der Waals surface area contributed by atoms with Crippen LogP contribution in [0.15, 0.2) is 29.3 Å². The van der Waals surface area contributed by atoms with Gasteiger partial charge in [0.2, 0.25) is 0 Å². The summed E-state index contributed by atoms with van der Waals surface area (Å²) in [6, 6.07) is 6.34. The van der Waals surface area contributed by atoms with Crippen LogP contribution in [0.1, 0.15) is 34.1 Å². The van der Waals surface area contributed by atoms with Crippen LogP contribution in [-0.4, -0.2) is 25.1 Å². The molecule has 1 aromatic carbocycles. The van der Waals surface area contributed by atoms with Crippen molar-refractivity contribution in [3.63, 3.8) is 0 Å². The Labute approximate surface area is 94.4 Å². The molecule has 0 saturated carbocycles. The fraction of sp³-hybridized carbons (Fsp3) is 0.250. The van der Waals surface area contributed by atoms with Gasteiger partial charge in [0, 0.05) is 17.7 Å². The van der Waals surface area contributed by atoms with Crippen LogP contribution < -0.4 is 5.32 Å². The van der Waals surface area contributed by atoms with E-state index >= 15 is 0 Å². The van der Waals surface area contributed by atoms with E-state index in [0.717, 1.165) is 6.42 Å². The number of rotatable bonds is 4. The maximum atomic E-state index is 11.5. The molecule has 0 fully saturated rings. The number of carbonyl (C=O) groups is 2. The Morgan fingerprint density at radius 3 is 2.31 bits per heavy atom. The Morgan fingerprint density at radius 2 is 1.81 bits per heavy atom. The Bertz CT molecular complexity index is 396. The molecule has 1 aromatic rings. The van der Waals surface area contributed by atoms with E-state index in [-0.39, 0.29) is 11.8 Å². The van der Waals surface area contributed by atoms with Gasteiger partial charge in [0.25, 0.3) is 11.8 Å². The molecule has 1 N–H and O–H groups in total. The molecule has 0 atom stereocenters. The number of carbonyl (C=O) groups excluding carboxylic acids is 2. The van der Waals surface area contributed by atoms with E-state index in [1.54, 1.807) is 24.3 Å². The smallest absolute Gasteiger partial charge is 0.276 e. The molecule has 0 aliphatic rings. The van der Waals surface area contributed by atoms with Crippen molar-refractivity contribution in [3.8, 4) is 0 Å². The molecule has 0 aliphatic heterocycles. The van der Waals surface area contributed by atoms with Gasteiger partial charge in [-0.05, 0) is 37.4 Å². The predicted octanol–water partition coefficient (Wildman–Crippen LogP) is 1.67. The van der Waals surface area contributed by atoms with Crippen molar-refractivity contribution in [2.75, 3.05) is 6.54 Å². The van der Waals surface area contributed by atoms with Crippen LogP contribution in [0.4, 0.5) is 0 Å². The van der Waals surface area contributed by atoms with Gasteiger partial charge in [0.05, 0.1) is 0 Å². The molecule has 84 valence electrons. The lowest BCUT2D eigenvalue weighted by Crippen LogP contribution is -2.23. The highest BCUT2D eigenvalue weighted by Gasteiger charge is 2.06. The second-order valence-corrected chi connectivity index (χ2v) is 3.30. The van der Waals surface area contributed by atoms with E-state index in [2.05, 4.69) is 17.0 Å². The summed E-state index contributed by atoms with van der Waals surface area (Å²) in [7, 11) is 0. The van der Waals surface area contributed by atoms with E-state index in [4.69, 9.17) is 0 Å². The maximum Gasteiger partial charge on any atom is 0.276 e. The molecule has 2 amide bonds. The first-order valence-electron chi connectivity index (χ1n) is 5.08. The summed E-state index contributed by atoms with van der Waals surface area (Å²) in [6.45, 7) is 5.79. The van der Waals surface area contributed by atoms with Crippen molar-refractivity contribution in [1.29, 1.82) is 0 Å². The number of amides is 2. The second kappa shape index (κ2) is 5.80. The van der Waals surface area contributed by atoms with Crippen molar-refractivity contribution in [1.82, 2.24) is 5.32 Å². The zero-order valence-corrected chi connectivity index (χ0v) is 9.19. The standard InChI is InChI=1S/C12H14N2O2/c1-3-8-14-12(16)10-6-4-9(5-7-10)11(15)13-2/h4-7H,2-3,8H2,1H3,(H,14,16). The third kappa shape index (κ3) is 3.02. The largest absolute Gasteiger partial charge is 0.352 e. The fourth-order valence-corrected chi connectivity index (χ4v) is 1.20. The monoisotopic (exact) mass is 218 g/mol. The molecular formula is C12H14N2O2. The Kier molecular flexibility index (Phi) is 4.39. The van der Waals surface area contributed by atoms with E-state index in [9.17, 15) is 9.59 Å². The molecule has 0 saturated heterocycles. The van der Waals surface area contributed by atoms with E-state index in [0.29, 0.717) is 17.7 Å². The number of hydrogen-bond donors (Lipinski definition) is 1. The molecule has 0 bridgehead atoms. The highest BCUT2D eigenvalue weighted by molar-refractivity contribution is 5.99. The van der Waals surface area contributed by atoms with Gasteiger partial charge in [-0.3, -0.25) is 9.59 Å². The lowest BCUT2D eigenvalue weighted by Gasteiger charge is -2.03. The number of aliphatic imine (C=N–C) groups is 1. The second-order valence-electron chi connectivity index (χ2n) is 3.30. The molecule has 0 spiro atoms. The first-order chi connectivity index (χ1) is 7.69. The third-order valence-electron chi connectivity index (χ3n) is 2.07. The molecular weight excluding hydrogens is 204 g/mol. The van der Waals surface area contributed by atoms with Gasteiger partial charge in [-0.25, -0.2) is 4.99 Å². The number of benzene rings is 1. The number of nitrogens with zero attached hydrogens (tertiary/aromatic N) is 1. The lowest BCUT2D eigenvalue weighted by molar-refractivity contribution is 0.0951. The van der Waals surface area contributed by atoms with Crippen molar-refractivity contribution >= 4 is 18.5 Å². The lowest BCUT2D eigenvalue weighted by atomic mass is 10.1. The van der Waals surface area contributed by atoms with Gasteiger partial charge in [-0.15, -0.1) is 0 Å². The minimum Gasteiger partial charge on any atom is -0.352 e. The van der Waals surface area contributed by atoms with E-state index < -0.39 is 0 Å². The summed E-state index contributed by atoms with van der Waals surface area (Å²) in [6.07, 6.45) is 0.892. The van der Waals surface area contributed by atoms with Crippen LogP contribution in [0.25, 0.3) is 0 Å². The molecule has 0 aromatic heterocycles. The highest BCUT2D eigenvalue weighted by Crippen LogP contribution is 2.05. The van der Waals surface area contributed by atoms with Crippen molar-refractivity contribution in [3.05, 3.63) is 35.4 Å². The molecule has 0 unspecified atom stereocenters. The number of hydrogen-bond acceptors (Lipinski definition) is 2. The van der Waals surface area contributed by atoms with Crippen LogP contribution in [-0.2, 0) is 0 Å². The Hall–Kier alpha value is -1.97. The van der Waals surface area contributed by atoms with E-state index in [1.807, 2.05) is 6.92 Å². The van der Waals surface area contributed by atoms with Gasteiger partial charge < -0.3 is 5.32 Å². The zero-order valence-electron chi connectivity index (χ0n) is 9.19. The normalized spacial score (nSPS) is 9.56. The molecule has 1 rings (SSSR count). The SMILES string of the molecule is C=NC(=O)c1ccc(C(=O)NCCC)cc1. The topological polar surface area (TPSA) is 58.5 Å². The average molecular weight is 218 g/mol. The van der Waals surface area contributed by atoms with Gasteiger partial charge in [-0.2, -0.15) is 0 Å². The van der Waals surface area contributed by atoms with Crippen LogP contribution in [0.5, 0.6) is 0 Å². The van der Waals surface area contributed by atoms with Crippen LogP contribution in [0.2, 0.25) is 0 Å². The summed E-state index contributed by atoms with van der Waals surface area (Å²) in [5, 5.41) is 2.75. The summed E-state index contributed by atoms with van der Waals surface area (Å²) >= 11 is 0. The zero-order chi connectivity index (χ0) is 12.0. The van der Waals surface area contributed by atoms with Crippen LogP contribution in [0, 0.1) is 0 Å². The van der Waals surface area contributed by atoms with Gasteiger partial charge in [-0.1, -0.05) is 6.92 Å².